The van der Waals surface area contributed by atoms with E-state index in [9.17, 15) is 19.5 Å². The summed E-state index contributed by atoms with van der Waals surface area (Å²) in [6, 6.07) is 16.1. The molecule has 2 aromatic carbocycles. The topological polar surface area (TPSA) is 99.6 Å². The van der Waals surface area contributed by atoms with E-state index in [1.54, 1.807) is 46.1 Å². The second-order valence-electron chi connectivity index (χ2n) is 12.9. The molecule has 246 valence electrons. The number of carbonyl (C=O) groups is 3. The van der Waals surface area contributed by atoms with Gasteiger partial charge in [-0.1, -0.05) is 49.4 Å². The minimum atomic E-state index is -1.17. The van der Waals surface area contributed by atoms with Crippen molar-refractivity contribution in [3.63, 3.8) is 0 Å². The maximum absolute atomic E-state index is 14.8. The number of aliphatic hydroxyl groups is 1. The Balaban J connectivity index is 1.56. The molecule has 46 heavy (non-hydrogen) atoms. The predicted molar refractivity (Wildman–Crippen MR) is 177 cm³/mol. The molecule has 0 saturated carbocycles. The highest BCUT2D eigenvalue weighted by atomic mass is 16.5. The van der Waals surface area contributed by atoms with Crippen LogP contribution in [0.1, 0.15) is 45.1 Å². The first-order valence-electron chi connectivity index (χ1n) is 16.3. The number of likely N-dealkylation sites (tertiary alicyclic amines) is 1. The Morgan fingerprint density at radius 1 is 1.04 bits per heavy atom. The number of methoxy groups -OCH3 is 1. The number of ether oxygens (including phenoxy) is 2. The van der Waals surface area contributed by atoms with Crippen LogP contribution in [0, 0.1) is 17.8 Å². The van der Waals surface area contributed by atoms with Crippen molar-refractivity contribution in [2.75, 3.05) is 38.3 Å². The molecule has 9 heteroatoms. The van der Waals surface area contributed by atoms with Gasteiger partial charge in [0.15, 0.2) is 0 Å². The summed E-state index contributed by atoms with van der Waals surface area (Å²) in [6.07, 6.45) is 5.78. The van der Waals surface area contributed by atoms with E-state index in [4.69, 9.17) is 9.47 Å². The Morgan fingerprint density at radius 2 is 1.74 bits per heavy atom. The highest BCUT2D eigenvalue weighted by Gasteiger charge is 2.80. The summed E-state index contributed by atoms with van der Waals surface area (Å²) in [5.74, 6) is -1.63. The van der Waals surface area contributed by atoms with Gasteiger partial charge in [-0.3, -0.25) is 14.4 Å². The lowest BCUT2D eigenvalue weighted by atomic mass is 9.62. The smallest absolute Gasteiger partial charge is 0.253 e. The summed E-state index contributed by atoms with van der Waals surface area (Å²) in [7, 11) is 1.59. The van der Waals surface area contributed by atoms with E-state index in [-0.39, 0.29) is 36.8 Å². The van der Waals surface area contributed by atoms with Crippen LogP contribution in [0.15, 0.2) is 79.9 Å². The zero-order chi connectivity index (χ0) is 33.1. The van der Waals surface area contributed by atoms with E-state index in [0.29, 0.717) is 56.8 Å². The third kappa shape index (κ3) is 5.75. The number of hydrogen-bond acceptors (Lipinski definition) is 6. The first-order chi connectivity index (χ1) is 22.2. The molecule has 3 unspecified atom stereocenters. The molecule has 3 heterocycles. The van der Waals surface area contributed by atoms with Gasteiger partial charge in [0.2, 0.25) is 11.8 Å². The monoisotopic (exact) mass is 629 g/mol. The van der Waals surface area contributed by atoms with Crippen molar-refractivity contribution in [3.05, 3.63) is 85.5 Å². The molecule has 0 radical (unpaired) electrons. The number of hydrogen-bond donors (Lipinski definition) is 1. The number of unbranched alkanes of at least 4 members (excludes halogenated alkanes) is 2. The van der Waals surface area contributed by atoms with Crippen LogP contribution in [-0.4, -0.2) is 83.2 Å². The van der Waals surface area contributed by atoms with Gasteiger partial charge in [0.05, 0.1) is 24.5 Å². The summed E-state index contributed by atoms with van der Waals surface area (Å²) in [5.41, 5.74) is -0.473. The van der Waals surface area contributed by atoms with Crippen LogP contribution in [0.3, 0.4) is 0 Å². The number of benzene rings is 2. The number of amides is 3. The molecule has 3 aliphatic rings. The second-order valence-corrected chi connectivity index (χ2v) is 12.9. The molecule has 5 rings (SSSR count). The molecule has 2 aromatic rings. The molecular formula is C37H47N3O6. The number of anilines is 1. The maximum atomic E-state index is 14.8. The van der Waals surface area contributed by atoms with Crippen molar-refractivity contribution in [1.82, 2.24) is 9.80 Å². The average Bonchev–Trinajstić information content (AvgIpc) is 3.57. The molecule has 3 saturated heterocycles. The van der Waals surface area contributed by atoms with Crippen molar-refractivity contribution < 1.29 is 29.0 Å². The molecule has 1 spiro atoms. The Kier molecular flexibility index (Phi) is 10.0. The standard InChI is InChI=1S/C37H47N3O6/c1-6-20-38(25-27-14-10-8-11-15-27)33(42)30-31-34(43)40(22-12-9-13-23-41)32(37(31)24-26(3)36(30,4)46-37)35(44)39(21-7-2)28-16-18-29(45-5)19-17-28/h6-8,10-11,14-19,26,30-32,41H,1-2,9,12-13,20-25H2,3-5H3/t26?,30-,31-,32?,36+,37?/m0/s1. The third-order valence-electron chi connectivity index (χ3n) is 10.2. The van der Waals surface area contributed by atoms with Crippen molar-refractivity contribution in [2.24, 2.45) is 17.8 Å². The predicted octanol–water partition coefficient (Wildman–Crippen LogP) is 4.60. The number of rotatable bonds is 15. The van der Waals surface area contributed by atoms with Gasteiger partial charge >= 0.3 is 0 Å². The van der Waals surface area contributed by atoms with Crippen molar-refractivity contribution in [2.45, 2.75) is 63.3 Å². The van der Waals surface area contributed by atoms with Crippen LogP contribution in [0.4, 0.5) is 5.69 Å². The number of carbonyl (C=O) groups excluding carboxylic acids is 3. The van der Waals surface area contributed by atoms with Crippen molar-refractivity contribution >= 4 is 23.4 Å². The average molecular weight is 630 g/mol. The van der Waals surface area contributed by atoms with Gasteiger partial charge in [0.25, 0.3) is 5.91 Å². The highest BCUT2D eigenvalue weighted by Crippen LogP contribution is 2.65. The summed E-state index contributed by atoms with van der Waals surface area (Å²) >= 11 is 0. The molecule has 0 aromatic heterocycles. The summed E-state index contributed by atoms with van der Waals surface area (Å²) in [4.78, 5) is 49.2. The molecule has 3 amide bonds. The van der Waals surface area contributed by atoms with E-state index >= 15 is 0 Å². The lowest BCUT2D eigenvalue weighted by Crippen LogP contribution is -2.57. The number of aliphatic hydroxyl groups excluding tert-OH is 1. The molecule has 3 fully saturated rings. The van der Waals surface area contributed by atoms with Crippen LogP contribution < -0.4 is 9.64 Å². The summed E-state index contributed by atoms with van der Waals surface area (Å²) in [6.45, 7) is 13.1. The molecule has 2 bridgehead atoms. The lowest BCUT2D eigenvalue weighted by molar-refractivity contribution is -0.151. The number of nitrogens with zero attached hydrogens (tertiary/aromatic N) is 3. The van der Waals surface area contributed by atoms with Gasteiger partial charge in [0.1, 0.15) is 17.4 Å². The van der Waals surface area contributed by atoms with Crippen LogP contribution in [0.25, 0.3) is 0 Å². The van der Waals surface area contributed by atoms with Crippen LogP contribution in [0.2, 0.25) is 0 Å². The van der Waals surface area contributed by atoms with Gasteiger partial charge in [-0.25, -0.2) is 0 Å². The number of fused-ring (bicyclic) bond motifs is 1. The Bertz CT molecular complexity index is 1430. The fraction of sp³-hybridized carbons (Fsp3) is 0.486. The first kappa shape index (κ1) is 33.4. The van der Waals surface area contributed by atoms with E-state index in [1.165, 1.54) is 0 Å². The molecule has 9 nitrogen and oxygen atoms in total. The summed E-state index contributed by atoms with van der Waals surface area (Å²) < 4.78 is 12.3. The molecule has 0 aliphatic carbocycles. The van der Waals surface area contributed by atoms with Crippen LogP contribution >= 0.6 is 0 Å². The lowest BCUT2D eigenvalue weighted by Gasteiger charge is -2.39. The molecule has 1 N–H and O–H groups in total. The normalized spacial score (nSPS) is 27.7. The van der Waals surface area contributed by atoms with Gasteiger partial charge < -0.3 is 29.3 Å². The third-order valence-corrected chi connectivity index (χ3v) is 10.2. The quantitative estimate of drug-likeness (QED) is 0.228. The SMILES string of the molecule is C=CCN(Cc1ccccc1)C(=O)[C@@H]1[C@H]2C(=O)N(CCCCCO)C(C(=O)N(CC=C)c3ccc(OC)cc3)C23CC(C)[C@@]1(C)O3. The Labute approximate surface area is 272 Å². The Morgan fingerprint density at radius 3 is 2.37 bits per heavy atom. The van der Waals surface area contributed by atoms with Gasteiger partial charge in [0, 0.05) is 38.5 Å². The fourth-order valence-electron chi connectivity index (χ4n) is 7.96. The zero-order valence-electron chi connectivity index (χ0n) is 27.3. The van der Waals surface area contributed by atoms with E-state index in [1.807, 2.05) is 49.4 Å². The zero-order valence-corrected chi connectivity index (χ0v) is 27.3. The van der Waals surface area contributed by atoms with E-state index in [0.717, 1.165) is 5.56 Å². The van der Waals surface area contributed by atoms with Crippen molar-refractivity contribution in [1.29, 1.82) is 0 Å². The largest absolute Gasteiger partial charge is 0.497 e. The van der Waals surface area contributed by atoms with Gasteiger partial charge in [-0.15, -0.1) is 13.2 Å². The van der Waals surface area contributed by atoms with E-state index < -0.39 is 29.1 Å². The minimum absolute atomic E-state index is 0.0591. The van der Waals surface area contributed by atoms with Gasteiger partial charge in [-0.05, 0) is 68.4 Å². The van der Waals surface area contributed by atoms with Gasteiger partial charge in [-0.2, -0.15) is 0 Å². The second kappa shape index (κ2) is 13.8. The molecule has 6 atom stereocenters. The van der Waals surface area contributed by atoms with Crippen molar-refractivity contribution in [3.8, 4) is 5.75 Å². The van der Waals surface area contributed by atoms with Crippen LogP contribution in [0.5, 0.6) is 5.75 Å². The highest BCUT2D eigenvalue weighted by molar-refractivity contribution is 6.05. The molecular weight excluding hydrogens is 582 g/mol. The minimum Gasteiger partial charge on any atom is -0.497 e. The summed E-state index contributed by atoms with van der Waals surface area (Å²) in [5, 5.41) is 9.39. The fourth-order valence-corrected chi connectivity index (χ4v) is 7.96. The maximum Gasteiger partial charge on any atom is 0.253 e. The van der Waals surface area contributed by atoms with E-state index in [2.05, 4.69) is 20.1 Å². The molecule has 3 aliphatic heterocycles. The van der Waals surface area contributed by atoms with Crippen LogP contribution in [-0.2, 0) is 25.7 Å². The first-order valence-corrected chi connectivity index (χ1v) is 16.3. The Hall–Kier alpha value is -3.95.